The van der Waals surface area contributed by atoms with Gasteiger partial charge in [-0.1, -0.05) is 43.5 Å². The number of rotatable bonds is 4. The van der Waals surface area contributed by atoms with E-state index in [1.54, 1.807) is 6.20 Å². The molecule has 0 bridgehead atoms. The van der Waals surface area contributed by atoms with Crippen molar-refractivity contribution in [2.75, 3.05) is 0 Å². The maximum Gasteiger partial charge on any atom is 0.271 e. The van der Waals surface area contributed by atoms with Gasteiger partial charge in [-0.2, -0.15) is 0 Å². The first-order valence-corrected chi connectivity index (χ1v) is 9.49. The third-order valence-corrected chi connectivity index (χ3v) is 5.51. The van der Waals surface area contributed by atoms with Gasteiger partial charge < -0.3 is 9.47 Å². The minimum Gasteiger partial charge on any atom is -0.340 e. The molecular weight excluding hydrogens is 322 g/mol. The van der Waals surface area contributed by atoms with Gasteiger partial charge in [0.2, 0.25) is 0 Å². The van der Waals surface area contributed by atoms with E-state index < -0.39 is 0 Å². The maximum absolute atomic E-state index is 13.5. The normalized spacial score (nSPS) is 15.3. The lowest BCUT2D eigenvalue weighted by Gasteiger charge is -2.34. The van der Waals surface area contributed by atoms with Crippen molar-refractivity contribution in [2.45, 2.75) is 44.7 Å². The summed E-state index contributed by atoms with van der Waals surface area (Å²) in [6, 6.07) is 16.4. The third-order valence-electron chi connectivity index (χ3n) is 5.51. The molecule has 4 rings (SSSR count). The average Bonchev–Trinajstić information content (AvgIpc) is 3.04. The quantitative estimate of drug-likeness (QED) is 0.694. The largest absolute Gasteiger partial charge is 0.340 e. The zero-order valence-electron chi connectivity index (χ0n) is 15.3. The summed E-state index contributed by atoms with van der Waals surface area (Å²) in [5.41, 5.74) is 2.80. The Kier molecular flexibility index (Phi) is 4.74. The molecule has 4 nitrogen and oxygen atoms in total. The lowest BCUT2D eigenvalue weighted by molar-refractivity contribution is 0.0601. The van der Waals surface area contributed by atoms with E-state index in [9.17, 15) is 4.79 Å². The van der Waals surface area contributed by atoms with Crippen molar-refractivity contribution in [1.82, 2.24) is 14.5 Å². The average molecular weight is 347 g/mol. The van der Waals surface area contributed by atoms with Crippen LogP contribution in [0.4, 0.5) is 0 Å². The molecule has 0 unspecified atom stereocenters. The van der Waals surface area contributed by atoms with Crippen LogP contribution in [0.1, 0.15) is 48.3 Å². The van der Waals surface area contributed by atoms with Crippen molar-refractivity contribution in [3.05, 3.63) is 66.1 Å². The van der Waals surface area contributed by atoms with Crippen LogP contribution >= 0.6 is 0 Å². The number of aryl methyl sites for hydroxylation is 1. The lowest BCUT2D eigenvalue weighted by atomic mass is 9.93. The van der Waals surface area contributed by atoms with Crippen LogP contribution in [0.3, 0.4) is 0 Å². The van der Waals surface area contributed by atoms with Gasteiger partial charge in [-0.25, -0.2) is 0 Å². The second-order valence-corrected chi connectivity index (χ2v) is 7.19. The molecule has 2 aromatic heterocycles. The highest BCUT2D eigenvalue weighted by Gasteiger charge is 2.28. The summed E-state index contributed by atoms with van der Waals surface area (Å²) in [4.78, 5) is 20.0. The zero-order valence-corrected chi connectivity index (χ0v) is 15.3. The minimum absolute atomic E-state index is 0.112. The van der Waals surface area contributed by atoms with E-state index in [2.05, 4.69) is 22.0 Å². The fraction of sp³-hybridized carbons (Fsp3) is 0.364. The first-order valence-electron chi connectivity index (χ1n) is 9.49. The molecule has 4 heteroatoms. The van der Waals surface area contributed by atoms with Crippen molar-refractivity contribution in [3.8, 4) is 0 Å². The van der Waals surface area contributed by atoms with Gasteiger partial charge in [0.15, 0.2) is 0 Å². The summed E-state index contributed by atoms with van der Waals surface area (Å²) in [5, 5.41) is 1.11. The number of pyridine rings is 1. The summed E-state index contributed by atoms with van der Waals surface area (Å²) < 4.78 is 2.02. The molecule has 1 saturated carbocycles. The molecule has 1 aliphatic carbocycles. The monoisotopic (exact) mass is 347 g/mol. The van der Waals surface area contributed by atoms with E-state index in [4.69, 9.17) is 0 Å². The van der Waals surface area contributed by atoms with E-state index in [1.165, 1.54) is 19.3 Å². The highest BCUT2D eigenvalue weighted by Crippen LogP contribution is 2.27. The van der Waals surface area contributed by atoms with Crippen LogP contribution in [-0.2, 0) is 13.6 Å². The molecular formula is C22H25N3O. The maximum atomic E-state index is 13.5. The fourth-order valence-corrected chi connectivity index (χ4v) is 4.07. The minimum atomic E-state index is 0.112. The zero-order chi connectivity index (χ0) is 17.9. The number of hydrogen-bond acceptors (Lipinski definition) is 2. The number of para-hydroxylation sites is 1. The number of nitrogens with zero attached hydrogens (tertiary/aromatic N) is 3. The number of carbonyl (C=O) groups excluding carboxylic acids is 1. The molecule has 1 amide bonds. The molecule has 2 heterocycles. The van der Waals surface area contributed by atoms with Gasteiger partial charge in [0.1, 0.15) is 5.69 Å². The van der Waals surface area contributed by atoms with Gasteiger partial charge in [0.05, 0.1) is 12.2 Å². The van der Waals surface area contributed by atoms with Crippen molar-refractivity contribution < 1.29 is 4.79 Å². The lowest BCUT2D eigenvalue weighted by Crippen LogP contribution is -2.41. The van der Waals surface area contributed by atoms with E-state index in [-0.39, 0.29) is 5.91 Å². The van der Waals surface area contributed by atoms with Crippen LogP contribution in [0.2, 0.25) is 0 Å². The summed E-state index contributed by atoms with van der Waals surface area (Å²) in [7, 11) is 1.98. The van der Waals surface area contributed by atoms with E-state index >= 15 is 0 Å². The Labute approximate surface area is 154 Å². The van der Waals surface area contributed by atoms with Crippen LogP contribution in [0.15, 0.2) is 54.7 Å². The molecule has 0 spiro atoms. The number of benzene rings is 1. The van der Waals surface area contributed by atoms with Crippen molar-refractivity contribution in [1.29, 1.82) is 0 Å². The Morgan fingerprint density at radius 2 is 1.88 bits per heavy atom. The standard InChI is InChI=1S/C22H25N3O/c1-24-20-13-6-5-9-17(20)15-21(24)22(26)25(19-11-3-2-4-12-19)16-18-10-7-8-14-23-18/h5-10,13-15,19H,2-4,11-12,16H2,1H3. The Bertz CT molecular complexity index is 894. The highest BCUT2D eigenvalue weighted by molar-refractivity contribution is 5.98. The Hall–Kier alpha value is -2.62. The van der Waals surface area contributed by atoms with Crippen LogP contribution in [0, 0.1) is 0 Å². The van der Waals surface area contributed by atoms with Gasteiger partial charge in [-0.3, -0.25) is 9.78 Å². The van der Waals surface area contributed by atoms with Crippen molar-refractivity contribution >= 4 is 16.8 Å². The second kappa shape index (κ2) is 7.32. The summed E-state index contributed by atoms with van der Waals surface area (Å²) in [5.74, 6) is 0.112. The number of fused-ring (bicyclic) bond motifs is 1. The molecule has 26 heavy (non-hydrogen) atoms. The molecule has 3 aromatic rings. The molecule has 1 aliphatic rings. The molecule has 0 atom stereocenters. The molecule has 134 valence electrons. The summed E-state index contributed by atoms with van der Waals surface area (Å²) in [6.07, 6.45) is 7.65. The van der Waals surface area contributed by atoms with Crippen LogP contribution in [0.5, 0.6) is 0 Å². The number of hydrogen-bond donors (Lipinski definition) is 0. The van der Waals surface area contributed by atoms with E-state index in [0.29, 0.717) is 12.6 Å². The predicted octanol–water partition coefficient (Wildman–Crippen LogP) is 4.55. The smallest absolute Gasteiger partial charge is 0.271 e. The van der Waals surface area contributed by atoms with Gasteiger partial charge in [-0.15, -0.1) is 0 Å². The Morgan fingerprint density at radius 3 is 2.62 bits per heavy atom. The first kappa shape index (κ1) is 16.8. The SMILES string of the molecule is Cn1c(C(=O)N(Cc2ccccn2)C2CCCCC2)cc2ccccc21. The molecule has 0 radical (unpaired) electrons. The van der Waals surface area contributed by atoms with E-state index in [0.717, 1.165) is 35.1 Å². The number of amides is 1. The van der Waals surface area contributed by atoms with Gasteiger partial charge in [0.25, 0.3) is 5.91 Å². The van der Waals surface area contributed by atoms with Gasteiger partial charge in [-0.05, 0) is 37.1 Å². The van der Waals surface area contributed by atoms with Gasteiger partial charge in [0, 0.05) is 30.2 Å². The molecule has 1 aromatic carbocycles. The van der Waals surface area contributed by atoms with Crippen LogP contribution < -0.4 is 0 Å². The topological polar surface area (TPSA) is 38.1 Å². The first-order chi connectivity index (χ1) is 12.7. The number of aromatic nitrogens is 2. The molecule has 0 aliphatic heterocycles. The molecule has 1 fully saturated rings. The van der Waals surface area contributed by atoms with Crippen LogP contribution in [-0.4, -0.2) is 26.4 Å². The summed E-state index contributed by atoms with van der Waals surface area (Å²) in [6.45, 7) is 0.575. The molecule has 0 saturated heterocycles. The predicted molar refractivity (Wildman–Crippen MR) is 104 cm³/mol. The molecule has 0 N–H and O–H groups in total. The Morgan fingerprint density at radius 1 is 1.12 bits per heavy atom. The second-order valence-electron chi connectivity index (χ2n) is 7.19. The number of carbonyl (C=O) groups is 1. The van der Waals surface area contributed by atoms with Crippen molar-refractivity contribution in [3.63, 3.8) is 0 Å². The summed E-state index contributed by atoms with van der Waals surface area (Å²) >= 11 is 0. The fourth-order valence-electron chi connectivity index (χ4n) is 4.07. The Balaban J connectivity index is 1.69. The van der Waals surface area contributed by atoms with Crippen LogP contribution in [0.25, 0.3) is 10.9 Å². The highest BCUT2D eigenvalue weighted by atomic mass is 16.2. The third kappa shape index (κ3) is 3.24. The van der Waals surface area contributed by atoms with Gasteiger partial charge >= 0.3 is 0 Å². The van der Waals surface area contributed by atoms with E-state index in [1.807, 2.05) is 48.0 Å². The van der Waals surface area contributed by atoms with Crippen molar-refractivity contribution in [2.24, 2.45) is 7.05 Å².